The molecular weight excluding hydrogens is 232 g/mol. The normalized spacial score (nSPS) is 22.1. The van der Waals surface area contributed by atoms with Gasteiger partial charge in [0, 0.05) is 46.5 Å². The molecule has 1 fully saturated rings. The van der Waals surface area contributed by atoms with E-state index in [1.54, 1.807) is 24.9 Å². The van der Waals surface area contributed by atoms with Crippen LogP contribution in [0.1, 0.15) is 19.8 Å². The smallest absolute Gasteiger partial charge is 0.219 e. The van der Waals surface area contributed by atoms with Gasteiger partial charge in [-0.25, -0.2) is 0 Å². The van der Waals surface area contributed by atoms with Crippen molar-refractivity contribution in [2.75, 3.05) is 20.6 Å². The second kappa shape index (κ2) is 4.84. The molecule has 0 aromatic heterocycles. The van der Waals surface area contributed by atoms with Gasteiger partial charge >= 0.3 is 0 Å². The van der Waals surface area contributed by atoms with Crippen molar-refractivity contribution >= 4 is 11.7 Å². The molecule has 1 saturated heterocycles. The van der Waals surface area contributed by atoms with Crippen LogP contribution in [-0.2, 0) is 14.3 Å². The number of carbonyl (C=O) groups is 2. The van der Waals surface area contributed by atoms with Gasteiger partial charge in [0.1, 0.15) is 5.76 Å². The molecule has 0 saturated carbocycles. The lowest BCUT2D eigenvalue weighted by molar-refractivity contribution is -0.128. The van der Waals surface area contributed by atoms with Crippen molar-refractivity contribution in [3.63, 3.8) is 0 Å². The zero-order chi connectivity index (χ0) is 13.3. The first kappa shape index (κ1) is 12.7. The number of ketones is 1. The van der Waals surface area contributed by atoms with Crippen molar-refractivity contribution < 1.29 is 14.3 Å². The lowest BCUT2D eigenvalue weighted by Crippen LogP contribution is -2.32. The van der Waals surface area contributed by atoms with Crippen LogP contribution >= 0.6 is 0 Å². The van der Waals surface area contributed by atoms with Crippen LogP contribution in [0.4, 0.5) is 0 Å². The first-order valence-corrected chi connectivity index (χ1v) is 6.05. The molecule has 98 valence electrons. The second-order valence-corrected chi connectivity index (χ2v) is 4.68. The molecule has 0 aromatic rings. The molecule has 1 aliphatic heterocycles. The van der Waals surface area contributed by atoms with Gasteiger partial charge in [-0.05, 0) is 6.08 Å². The fourth-order valence-corrected chi connectivity index (χ4v) is 2.08. The maximum absolute atomic E-state index is 11.3. The quantitative estimate of drug-likeness (QED) is 0.746. The molecule has 18 heavy (non-hydrogen) atoms. The molecule has 2 aliphatic rings. The molecule has 5 nitrogen and oxygen atoms in total. The van der Waals surface area contributed by atoms with E-state index in [4.69, 9.17) is 4.74 Å². The lowest BCUT2D eigenvalue weighted by atomic mass is 10.1. The highest BCUT2D eigenvalue weighted by Gasteiger charge is 2.32. The number of ether oxygens (including phenoxy) is 1. The summed E-state index contributed by atoms with van der Waals surface area (Å²) in [4.78, 5) is 26.1. The van der Waals surface area contributed by atoms with Crippen molar-refractivity contribution in [1.82, 2.24) is 9.80 Å². The van der Waals surface area contributed by atoms with Gasteiger partial charge in [-0.15, -0.1) is 0 Å². The van der Waals surface area contributed by atoms with Gasteiger partial charge < -0.3 is 14.5 Å². The van der Waals surface area contributed by atoms with Crippen molar-refractivity contribution in [1.29, 1.82) is 0 Å². The number of allylic oxidation sites excluding steroid dienone is 2. The molecule has 1 unspecified atom stereocenters. The number of carbonyl (C=O) groups excluding carboxylic acids is 2. The molecule has 0 aromatic carbocycles. The van der Waals surface area contributed by atoms with Gasteiger partial charge in [-0.1, -0.05) is 0 Å². The summed E-state index contributed by atoms with van der Waals surface area (Å²) in [6.07, 6.45) is 4.50. The molecule has 1 atom stereocenters. The molecule has 0 bridgehead atoms. The van der Waals surface area contributed by atoms with E-state index in [1.807, 2.05) is 18.0 Å². The summed E-state index contributed by atoms with van der Waals surface area (Å²) in [6, 6.07) is 0. The van der Waals surface area contributed by atoms with Gasteiger partial charge in [0.05, 0.1) is 5.70 Å². The minimum atomic E-state index is -0.102. The second-order valence-electron chi connectivity index (χ2n) is 4.68. The number of likely N-dealkylation sites (N-methyl/N-ethyl adjacent to an activating group) is 1. The first-order chi connectivity index (χ1) is 8.49. The maximum Gasteiger partial charge on any atom is 0.219 e. The Morgan fingerprint density at radius 2 is 2.33 bits per heavy atom. The molecule has 1 aliphatic carbocycles. The minimum absolute atomic E-state index is 0.0432. The van der Waals surface area contributed by atoms with Crippen LogP contribution in [0.3, 0.4) is 0 Å². The van der Waals surface area contributed by atoms with Gasteiger partial charge in [0.25, 0.3) is 0 Å². The molecule has 0 spiro atoms. The summed E-state index contributed by atoms with van der Waals surface area (Å²) in [5.74, 6) is 0.773. The van der Waals surface area contributed by atoms with Gasteiger partial charge in [-0.3, -0.25) is 9.59 Å². The predicted molar refractivity (Wildman–Crippen MR) is 66.4 cm³/mol. The van der Waals surface area contributed by atoms with E-state index in [0.717, 1.165) is 12.1 Å². The number of fused-ring (bicyclic) bond motifs is 1. The van der Waals surface area contributed by atoms with E-state index in [1.165, 1.54) is 0 Å². The number of nitrogens with zero attached hydrogens (tertiary/aromatic N) is 2. The molecule has 5 heteroatoms. The van der Waals surface area contributed by atoms with Gasteiger partial charge in [0.15, 0.2) is 12.0 Å². The Balaban J connectivity index is 1.98. The third-order valence-electron chi connectivity index (χ3n) is 3.37. The fourth-order valence-electron chi connectivity index (χ4n) is 2.08. The highest BCUT2D eigenvalue weighted by atomic mass is 16.5. The third kappa shape index (κ3) is 2.39. The van der Waals surface area contributed by atoms with Crippen LogP contribution in [0.15, 0.2) is 23.6 Å². The summed E-state index contributed by atoms with van der Waals surface area (Å²) in [6.45, 7) is 2.18. The molecule has 1 amide bonds. The third-order valence-corrected chi connectivity index (χ3v) is 3.37. The van der Waals surface area contributed by atoms with E-state index < -0.39 is 0 Å². The van der Waals surface area contributed by atoms with E-state index in [9.17, 15) is 9.59 Å². The average molecular weight is 250 g/mol. The SMILES string of the molecule is CC(=O)N(C)CCC1OC2=CC(=O)CC=C2N1C. The monoisotopic (exact) mass is 250 g/mol. The molecule has 0 N–H and O–H groups in total. The highest BCUT2D eigenvalue weighted by Crippen LogP contribution is 2.32. The summed E-state index contributed by atoms with van der Waals surface area (Å²) in [5.41, 5.74) is 0.977. The van der Waals surface area contributed by atoms with Crippen LogP contribution in [0.25, 0.3) is 0 Å². The van der Waals surface area contributed by atoms with Gasteiger partial charge in [-0.2, -0.15) is 0 Å². The Bertz CT molecular complexity index is 440. The predicted octanol–water partition coefficient (Wildman–Crippen LogP) is 0.883. The van der Waals surface area contributed by atoms with E-state index in [-0.39, 0.29) is 17.9 Å². The van der Waals surface area contributed by atoms with E-state index >= 15 is 0 Å². The number of rotatable bonds is 3. The van der Waals surface area contributed by atoms with Crippen molar-refractivity contribution in [3.8, 4) is 0 Å². The number of hydrogen-bond donors (Lipinski definition) is 0. The highest BCUT2D eigenvalue weighted by molar-refractivity contribution is 5.93. The number of hydrogen-bond acceptors (Lipinski definition) is 4. The number of amides is 1. The summed E-state index contributed by atoms with van der Waals surface area (Å²) < 4.78 is 5.74. The van der Waals surface area contributed by atoms with E-state index in [2.05, 4.69) is 0 Å². The molecular formula is C13H18N2O3. The van der Waals surface area contributed by atoms with Gasteiger partial charge in [0.2, 0.25) is 5.91 Å². The first-order valence-electron chi connectivity index (χ1n) is 6.05. The maximum atomic E-state index is 11.3. The Hall–Kier alpha value is -1.78. The Labute approximate surface area is 107 Å². The zero-order valence-electron chi connectivity index (χ0n) is 11.0. The molecule has 2 rings (SSSR count). The largest absolute Gasteiger partial charge is 0.468 e. The fraction of sp³-hybridized carbons (Fsp3) is 0.538. The summed E-state index contributed by atoms with van der Waals surface area (Å²) >= 11 is 0. The standard InChI is InChI=1S/C13H18N2O3/c1-9(16)14(2)7-6-13-15(3)11-5-4-10(17)8-12(11)18-13/h5,8,13H,4,6-7H2,1-3H3. The molecule has 1 heterocycles. The summed E-state index contributed by atoms with van der Waals surface area (Å²) in [5, 5.41) is 0. The average Bonchev–Trinajstić information content (AvgIpc) is 2.62. The molecule has 0 radical (unpaired) electrons. The lowest BCUT2D eigenvalue weighted by Gasteiger charge is -2.22. The minimum Gasteiger partial charge on any atom is -0.468 e. The van der Waals surface area contributed by atoms with Crippen molar-refractivity contribution in [2.24, 2.45) is 0 Å². The van der Waals surface area contributed by atoms with Crippen LogP contribution in [0.5, 0.6) is 0 Å². The Morgan fingerprint density at radius 3 is 3.00 bits per heavy atom. The Kier molecular flexibility index (Phi) is 3.41. The van der Waals surface area contributed by atoms with E-state index in [0.29, 0.717) is 18.7 Å². The Morgan fingerprint density at radius 1 is 1.61 bits per heavy atom. The summed E-state index contributed by atoms with van der Waals surface area (Å²) in [7, 11) is 3.72. The van der Waals surface area contributed by atoms with Crippen molar-refractivity contribution in [2.45, 2.75) is 26.0 Å². The van der Waals surface area contributed by atoms with Crippen LogP contribution < -0.4 is 0 Å². The van der Waals surface area contributed by atoms with Crippen LogP contribution in [0, 0.1) is 0 Å². The topological polar surface area (TPSA) is 49.9 Å². The zero-order valence-corrected chi connectivity index (χ0v) is 11.0. The van der Waals surface area contributed by atoms with Crippen LogP contribution in [-0.4, -0.2) is 48.4 Å². The van der Waals surface area contributed by atoms with Crippen molar-refractivity contribution in [3.05, 3.63) is 23.6 Å². The van der Waals surface area contributed by atoms with Crippen LogP contribution in [0.2, 0.25) is 0 Å².